The third-order valence-electron chi connectivity index (χ3n) is 3.31. The first-order valence-corrected chi connectivity index (χ1v) is 5.16. The van der Waals surface area contributed by atoms with Crippen LogP contribution in [0.5, 0.6) is 0 Å². The van der Waals surface area contributed by atoms with Crippen LogP contribution >= 0.6 is 0 Å². The van der Waals surface area contributed by atoms with Crippen LogP contribution in [-0.2, 0) is 10.2 Å². The van der Waals surface area contributed by atoms with Gasteiger partial charge in [-0.15, -0.1) is 0 Å². The molecular weight excluding hydrogens is 229 g/mol. The van der Waals surface area contributed by atoms with E-state index in [1.54, 1.807) is 0 Å². The van der Waals surface area contributed by atoms with Gasteiger partial charge in [0.1, 0.15) is 0 Å². The molecule has 1 aromatic rings. The molecule has 0 spiro atoms. The van der Waals surface area contributed by atoms with Crippen molar-refractivity contribution < 1.29 is 19.2 Å². The molecule has 0 atom stereocenters. The van der Waals surface area contributed by atoms with Crippen LogP contribution in [0.4, 0.5) is 10.1 Å². The molecule has 1 aliphatic rings. The summed E-state index contributed by atoms with van der Waals surface area (Å²) >= 11 is 0. The minimum Gasteiger partial charge on any atom is -0.481 e. The van der Waals surface area contributed by atoms with Gasteiger partial charge in [-0.3, -0.25) is 14.9 Å². The molecule has 0 saturated heterocycles. The number of halogens is 1. The lowest BCUT2D eigenvalue weighted by Crippen LogP contribution is -2.43. The molecule has 0 aliphatic heterocycles. The average molecular weight is 239 g/mol. The standard InChI is InChI=1S/C11H10FNO4/c12-9-7(3-1-4-8(9)13(16)17)11(10(14)15)5-2-6-11/h1,3-4H,2,5-6H2,(H,14,15). The summed E-state index contributed by atoms with van der Waals surface area (Å²) in [5, 5.41) is 19.7. The fourth-order valence-electron chi connectivity index (χ4n) is 2.16. The Hall–Kier alpha value is -1.98. The van der Waals surface area contributed by atoms with Crippen LogP contribution in [0, 0.1) is 15.9 Å². The Bertz CT molecular complexity index is 496. The highest BCUT2D eigenvalue weighted by Crippen LogP contribution is 2.46. The molecule has 0 amide bonds. The van der Waals surface area contributed by atoms with Crippen molar-refractivity contribution in [1.82, 2.24) is 0 Å². The lowest BCUT2D eigenvalue weighted by molar-refractivity contribution is -0.387. The first-order chi connectivity index (χ1) is 7.99. The van der Waals surface area contributed by atoms with Gasteiger partial charge in [0.15, 0.2) is 0 Å². The molecule has 1 fully saturated rings. The van der Waals surface area contributed by atoms with Crippen molar-refractivity contribution in [1.29, 1.82) is 0 Å². The number of hydrogen-bond donors (Lipinski definition) is 1. The number of nitrogens with zero attached hydrogens (tertiary/aromatic N) is 1. The fourth-order valence-corrected chi connectivity index (χ4v) is 2.16. The molecular formula is C11H10FNO4. The highest BCUT2D eigenvalue weighted by molar-refractivity contribution is 5.83. The quantitative estimate of drug-likeness (QED) is 0.647. The van der Waals surface area contributed by atoms with Gasteiger partial charge in [0, 0.05) is 11.6 Å². The molecule has 0 unspecified atom stereocenters. The van der Waals surface area contributed by atoms with Crippen LogP contribution in [0.15, 0.2) is 18.2 Å². The Morgan fingerprint density at radius 1 is 1.47 bits per heavy atom. The van der Waals surface area contributed by atoms with Crippen molar-refractivity contribution in [3.8, 4) is 0 Å². The molecule has 1 aromatic carbocycles. The summed E-state index contributed by atoms with van der Waals surface area (Å²) in [7, 11) is 0. The molecule has 6 heteroatoms. The third-order valence-corrected chi connectivity index (χ3v) is 3.31. The molecule has 2 rings (SSSR count). The van der Waals surface area contributed by atoms with Crippen LogP contribution in [0.1, 0.15) is 24.8 Å². The zero-order valence-corrected chi connectivity index (χ0v) is 8.85. The zero-order chi connectivity index (χ0) is 12.6. The van der Waals surface area contributed by atoms with Gasteiger partial charge in [-0.25, -0.2) is 0 Å². The smallest absolute Gasteiger partial charge is 0.314 e. The minimum atomic E-state index is -1.28. The number of nitro groups is 1. The van der Waals surface area contributed by atoms with E-state index in [0.717, 1.165) is 6.07 Å². The van der Waals surface area contributed by atoms with E-state index in [1.165, 1.54) is 12.1 Å². The molecule has 1 saturated carbocycles. The fraction of sp³-hybridized carbons (Fsp3) is 0.364. The molecule has 0 radical (unpaired) electrons. The first kappa shape index (κ1) is 11.5. The third kappa shape index (κ3) is 1.56. The molecule has 0 bridgehead atoms. The highest BCUT2D eigenvalue weighted by Gasteiger charge is 2.48. The Morgan fingerprint density at radius 2 is 2.12 bits per heavy atom. The van der Waals surface area contributed by atoms with Crippen LogP contribution in [-0.4, -0.2) is 16.0 Å². The SMILES string of the molecule is O=C(O)C1(c2cccc([N+](=O)[O-])c2F)CCC1. The molecule has 0 heterocycles. The largest absolute Gasteiger partial charge is 0.481 e. The number of carbonyl (C=O) groups is 1. The zero-order valence-electron chi connectivity index (χ0n) is 8.85. The number of rotatable bonds is 3. The minimum absolute atomic E-state index is 0.0783. The van der Waals surface area contributed by atoms with E-state index in [1.807, 2.05) is 0 Å². The lowest BCUT2D eigenvalue weighted by Gasteiger charge is -2.37. The van der Waals surface area contributed by atoms with Crippen LogP contribution in [0.25, 0.3) is 0 Å². The topological polar surface area (TPSA) is 80.4 Å². The highest BCUT2D eigenvalue weighted by atomic mass is 19.1. The van der Waals surface area contributed by atoms with E-state index >= 15 is 0 Å². The van der Waals surface area contributed by atoms with Crippen molar-refractivity contribution >= 4 is 11.7 Å². The van der Waals surface area contributed by atoms with E-state index in [4.69, 9.17) is 5.11 Å². The summed E-state index contributed by atoms with van der Waals surface area (Å²) in [6.45, 7) is 0. The Kier molecular flexibility index (Phi) is 2.57. The van der Waals surface area contributed by atoms with E-state index in [9.17, 15) is 19.3 Å². The predicted molar refractivity (Wildman–Crippen MR) is 56.2 cm³/mol. The van der Waals surface area contributed by atoms with Crippen LogP contribution in [0.2, 0.25) is 0 Å². The number of aliphatic carboxylic acids is 1. The molecule has 17 heavy (non-hydrogen) atoms. The van der Waals surface area contributed by atoms with Crippen LogP contribution < -0.4 is 0 Å². The van der Waals surface area contributed by atoms with Crippen molar-refractivity contribution in [3.63, 3.8) is 0 Å². The Balaban J connectivity index is 2.56. The molecule has 1 N–H and O–H groups in total. The number of carboxylic acids is 1. The summed E-state index contributed by atoms with van der Waals surface area (Å²) in [6.07, 6.45) is 1.33. The Morgan fingerprint density at radius 3 is 2.53 bits per heavy atom. The van der Waals surface area contributed by atoms with Gasteiger partial charge in [0.2, 0.25) is 5.82 Å². The number of benzene rings is 1. The maximum absolute atomic E-state index is 13.9. The average Bonchev–Trinajstić information content (AvgIpc) is 2.17. The van der Waals surface area contributed by atoms with E-state index < -0.39 is 27.8 Å². The van der Waals surface area contributed by atoms with Gasteiger partial charge in [-0.05, 0) is 12.8 Å². The second-order valence-electron chi connectivity index (χ2n) is 4.14. The summed E-state index contributed by atoms with van der Waals surface area (Å²) in [6, 6.07) is 3.67. The van der Waals surface area contributed by atoms with Crippen molar-refractivity contribution in [2.45, 2.75) is 24.7 Å². The Labute approximate surface area is 96.0 Å². The molecule has 0 aromatic heterocycles. The van der Waals surface area contributed by atoms with Gasteiger partial charge < -0.3 is 5.11 Å². The van der Waals surface area contributed by atoms with Gasteiger partial charge in [0.05, 0.1) is 10.3 Å². The summed E-state index contributed by atoms with van der Waals surface area (Å²) in [5.41, 5.74) is -2.03. The van der Waals surface area contributed by atoms with Crippen molar-refractivity contribution in [2.75, 3.05) is 0 Å². The maximum atomic E-state index is 13.9. The van der Waals surface area contributed by atoms with E-state index in [0.29, 0.717) is 19.3 Å². The molecule has 1 aliphatic carbocycles. The lowest BCUT2D eigenvalue weighted by atomic mass is 9.64. The summed E-state index contributed by atoms with van der Waals surface area (Å²) < 4.78 is 13.9. The van der Waals surface area contributed by atoms with Gasteiger partial charge in [0.25, 0.3) is 0 Å². The second kappa shape index (κ2) is 3.80. The molecule has 90 valence electrons. The van der Waals surface area contributed by atoms with Crippen molar-refractivity contribution in [2.24, 2.45) is 0 Å². The van der Waals surface area contributed by atoms with E-state index in [2.05, 4.69) is 0 Å². The van der Waals surface area contributed by atoms with Crippen LogP contribution in [0.3, 0.4) is 0 Å². The van der Waals surface area contributed by atoms with Crippen molar-refractivity contribution in [3.05, 3.63) is 39.7 Å². The number of nitro benzene ring substituents is 1. The first-order valence-electron chi connectivity index (χ1n) is 5.16. The van der Waals surface area contributed by atoms with E-state index in [-0.39, 0.29) is 5.56 Å². The van der Waals surface area contributed by atoms with Gasteiger partial charge in [-0.2, -0.15) is 4.39 Å². The summed E-state index contributed by atoms with van der Waals surface area (Å²) in [5.74, 6) is -2.15. The molecule has 5 nitrogen and oxygen atoms in total. The second-order valence-corrected chi connectivity index (χ2v) is 4.14. The number of hydrogen-bond acceptors (Lipinski definition) is 3. The summed E-state index contributed by atoms with van der Waals surface area (Å²) in [4.78, 5) is 21.0. The monoisotopic (exact) mass is 239 g/mol. The predicted octanol–water partition coefficient (Wildman–Crippen LogP) is 2.24. The number of carboxylic acid groups (broad SMARTS) is 1. The normalized spacial score (nSPS) is 17.2. The van der Waals surface area contributed by atoms with Gasteiger partial charge in [-0.1, -0.05) is 18.6 Å². The maximum Gasteiger partial charge on any atom is 0.314 e. The van der Waals surface area contributed by atoms with Gasteiger partial charge >= 0.3 is 11.7 Å².